The summed E-state index contributed by atoms with van der Waals surface area (Å²) in [5.74, 6) is 1.57. The average Bonchev–Trinajstić information content (AvgIpc) is 3.18. The van der Waals surface area contributed by atoms with Gasteiger partial charge in [-0.25, -0.2) is 0 Å². The molecule has 0 radical (unpaired) electrons. The van der Waals surface area contributed by atoms with Gasteiger partial charge in [-0.2, -0.15) is 0 Å². The van der Waals surface area contributed by atoms with Crippen molar-refractivity contribution in [1.29, 1.82) is 0 Å². The first-order valence-corrected chi connectivity index (χ1v) is 6.76. The third-order valence-corrected chi connectivity index (χ3v) is 3.99. The Balaban J connectivity index is 1.43. The highest BCUT2D eigenvalue weighted by molar-refractivity contribution is 5.23. The van der Waals surface area contributed by atoms with Gasteiger partial charge in [0.2, 0.25) is 0 Å². The van der Waals surface area contributed by atoms with Gasteiger partial charge in [0, 0.05) is 17.5 Å². The van der Waals surface area contributed by atoms with E-state index in [0.29, 0.717) is 12.0 Å². The molecular formula is C15H20N2. The van der Waals surface area contributed by atoms with E-state index in [2.05, 4.69) is 34.9 Å². The van der Waals surface area contributed by atoms with Gasteiger partial charge in [0.25, 0.3) is 0 Å². The Morgan fingerprint density at radius 3 is 3.00 bits per heavy atom. The predicted octanol–water partition coefficient (Wildman–Crippen LogP) is 1.73. The smallest absolute Gasteiger partial charge is 0.0149 e. The Labute approximate surface area is 104 Å². The minimum Gasteiger partial charge on any atom is -0.317 e. The molecule has 0 amide bonds. The van der Waals surface area contributed by atoms with Crippen LogP contribution in [-0.4, -0.2) is 25.7 Å². The summed E-state index contributed by atoms with van der Waals surface area (Å²) >= 11 is 0. The molecule has 0 aromatic heterocycles. The molecule has 3 rings (SSSR count). The molecule has 1 aromatic carbocycles. The van der Waals surface area contributed by atoms with E-state index in [1.165, 1.54) is 44.5 Å². The lowest BCUT2D eigenvalue weighted by atomic mass is 9.98. The lowest BCUT2D eigenvalue weighted by Gasteiger charge is -2.22. The summed E-state index contributed by atoms with van der Waals surface area (Å²) in [5.41, 5.74) is 1.33. The molecule has 1 aromatic rings. The fourth-order valence-electron chi connectivity index (χ4n) is 2.75. The average molecular weight is 228 g/mol. The van der Waals surface area contributed by atoms with Crippen molar-refractivity contribution in [2.75, 3.05) is 19.6 Å². The Kier molecular flexibility index (Phi) is 3.31. The fourth-order valence-corrected chi connectivity index (χ4v) is 2.75. The first-order chi connectivity index (χ1) is 8.43. The largest absolute Gasteiger partial charge is 0.317 e. The summed E-state index contributed by atoms with van der Waals surface area (Å²) in [6, 6.07) is 13.1. The first-order valence-electron chi connectivity index (χ1n) is 6.76. The van der Waals surface area contributed by atoms with Crippen molar-refractivity contribution in [1.82, 2.24) is 10.6 Å². The second-order valence-electron chi connectivity index (χ2n) is 5.30. The molecule has 1 aliphatic carbocycles. The van der Waals surface area contributed by atoms with E-state index in [4.69, 9.17) is 0 Å². The minimum atomic E-state index is 0.689. The maximum Gasteiger partial charge on any atom is 0.0149 e. The van der Waals surface area contributed by atoms with Gasteiger partial charge in [-0.1, -0.05) is 18.2 Å². The van der Waals surface area contributed by atoms with E-state index in [1.54, 1.807) is 0 Å². The van der Waals surface area contributed by atoms with Gasteiger partial charge in [0.15, 0.2) is 0 Å². The summed E-state index contributed by atoms with van der Waals surface area (Å²) in [5, 5.41) is 7.13. The van der Waals surface area contributed by atoms with Crippen LogP contribution in [0.15, 0.2) is 18.2 Å². The Morgan fingerprint density at radius 2 is 2.24 bits per heavy atom. The lowest BCUT2D eigenvalue weighted by Crippen LogP contribution is -2.34. The summed E-state index contributed by atoms with van der Waals surface area (Å²) in [7, 11) is 0. The van der Waals surface area contributed by atoms with Gasteiger partial charge >= 0.3 is 0 Å². The normalized spacial score (nSPS) is 28.7. The number of hydrogen-bond acceptors (Lipinski definition) is 2. The van der Waals surface area contributed by atoms with Crippen LogP contribution in [0, 0.1) is 18.1 Å². The zero-order chi connectivity index (χ0) is 11.5. The van der Waals surface area contributed by atoms with Crippen molar-refractivity contribution in [3.05, 3.63) is 35.9 Å². The van der Waals surface area contributed by atoms with Gasteiger partial charge in [-0.3, -0.25) is 0 Å². The van der Waals surface area contributed by atoms with Crippen LogP contribution in [0.3, 0.4) is 0 Å². The quantitative estimate of drug-likeness (QED) is 0.820. The van der Waals surface area contributed by atoms with Crippen molar-refractivity contribution in [3.8, 4) is 0 Å². The molecule has 2 atom stereocenters. The Morgan fingerprint density at radius 1 is 1.35 bits per heavy atom. The van der Waals surface area contributed by atoms with Crippen LogP contribution in [0.4, 0.5) is 0 Å². The van der Waals surface area contributed by atoms with Crippen molar-refractivity contribution in [3.63, 3.8) is 0 Å². The van der Waals surface area contributed by atoms with Gasteiger partial charge in [0.05, 0.1) is 0 Å². The monoisotopic (exact) mass is 228 g/mol. The maximum atomic E-state index is 3.71. The van der Waals surface area contributed by atoms with Crippen molar-refractivity contribution in [2.45, 2.75) is 31.2 Å². The Hall–Kier alpha value is -1.04. The molecule has 1 heterocycles. The van der Waals surface area contributed by atoms with Crippen molar-refractivity contribution < 1.29 is 0 Å². The summed E-state index contributed by atoms with van der Waals surface area (Å²) in [6.45, 7) is 3.59. The molecule has 2 nitrogen and oxygen atoms in total. The molecule has 0 spiro atoms. The van der Waals surface area contributed by atoms with Crippen LogP contribution in [0.25, 0.3) is 0 Å². The van der Waals surface area contributed by atoms with Crippen LogP contribution < -0.4 is 10.6 Å². The lowest BCUT2D eigenvalue weighted by molar-refractivity contribution is 0.355. The highest BCUT2D eigenvalue weighted by Crippen LogP contribution is 2.39. The van der Waals surface area contributed by atoms with E-state index in [1.807, 2.05) is 6.07 Å². The van der Waals surface area contributed by atoms with Crippen molar-refractivity contribution >= 4 is 0 Å². The second kappa shape index (κ2) is 5.08. The number of nitrogens with one attached hydrogen (secondary N) is 2. The van der Waals surface area contributed by atoms with Gasteiger partial charge in [0.1, 0.15) is 0 Å². The third kappa shape index (κ3) is 2.80. The third-order valence-electron chi connectivity index (χ3n) is 3.99. The van der Waals surface area contributed by atoms with E-state index in [-0.39, 0.29) is 0 Å². The minimum absolute atomic E-state index is 0.689. The molecule has 1 saturated carbocycles. The maximum absolute atomic E-state index is 3.71. The molecule has 2 fully saturated rings. The zero-order valence-corrected chi connectivity index (χ0v) is 10.2. The SMILES string of the molecule is c1cccc(C2CC2NCC2CCNCC2)c#1. The van der Waals surface area contributed by atoms with Gasteiger partial charge in [-0.15, -0.1) is 0 Å². The van der Waals surface area contributed by atoms with Crippen LogP contribution in [0.1, 0.15) is 30.7 Å². The van der Waals surface area contributed by atoms with E-state index < -0.39 is 0 Å². The Bertz CT molecular complexity index is 343. The highest BCUT2D eigenvalue weighted by Gasteiger charge is 2.38. The fraction of sp³-hybridized carbons (Fsp3) is 0.600. The molecule has 90 valence electrons. The van der Waals surface area contributed by atoms with Crippen LogP contribution >= 0.6 is 0 Å². The molecule has 2 aliphatic rings. The molecule has 2 unspecified atom stereocenters. The van der Waals surface area contributed by atoms with E-state index >= 15 is 0 Å². The topological polar surface area (TPSA) is 24.1 Å². The van der Waals surface area contributed by atoms with Crippen LogP contribution in [0.5, 0.6) is 0 Å². The molecule has 17 heavy (non-hydrogen) atoms. The van der Waals surface area contributed by atoms with Gasteiger partial charge < -0.3 is 10.6 Å². The molecule has 2 N–H and O–H groups in total. The zero-order valence-electron chi connectivity index (χ0n) is 10.2. The van der Waals surface area contributed by atoms with E-state index in [9.17, 15) is 0 Å². The summed E-state index contributed by atoms with van der Waals surface area (Å²) < 4.78 is 0. The number of piperidine rings is 1. The number of hydrogen-bond donors (Lipinski definition) is 2. The van der Waals surface area contributed by atoms with Crippen molar-refractivity contribution in [2.24, 2.45) is 5.92 Å². The van der Waals surface area contributed by atoms with Gasteiger partial charge in [-0.05, 0) is 56.9 Å². The van der Waals surface area contributed by atoms with Crippen LogP contribution in [0.2, 0.25) is 0 Å². The van der Waals surface area contributed by atoms with Crippen LogP contribution in [-0.2, 0) is 0 Å². The van der Waals surface area contributed by atoms with E-state index in [0.717, 1.165) is 5.92 Å². The standard InChI is InChI=1S/C15H20N2/c1-2-4-13(5-3-1)14-10-15(14)17-11-12-6-8-16-9-7-12/h1-2,4,12,14-17H,6-11H2. The molecule has 1 saturated heterocycles. The highest BCUT2D eigenvalue weighted by atomic mass is 15.0. The summed E-state index contributed by atoms with van der Waals surface area (Å²) in [6.07, 6.45) is 3.94. The first kappa shape index (κ1) is 11.1. The number of rotatable bonds is 4. The molecule has 1 aliphatic heterocycles. The predicted molar refractivity (Wildman–Crippen MR) is 68.9 cm³/mol. The molecule has 2 heteroatoms. The molecule has 0 bridgehead atoms. The second-order valence-corrected chi connectivity index (χ2v) is 5.30. The molecular weight excluding hydrogens is 208 g/mol. The summed E-state index contributed by atoms with van der Waals surface area (Å²) in [4.78, 5) is 0.